The Morgan fingerprint density at radius 2 is 1.81 bits per heavy atom. The number of thioether (sulfide) groups is 1. The third kappa shape index (κ3) is 1.82. The zero-order valence-electron chi connectivity index (χ0n) is 8.63. The van der Waals surface area contributed by atoms with Gasteiger partial charge in [-0.3, -0.25) is 0 Å². The van der Waals surface area contributed by atoms with E-state index in [2.05, 4.69) is 29.7 Å². The van der Waals surface area contributed by atoms with Crippen LogP contribution in [-0.2, 0) is 0 Å². The van der Waals surface area contributed by atoms with E-state index in [1.165, 1.54) is 10.6 Å². The van der Waals surface area contributed by atoms with Crippen LogP contribution in [0.25, 0.3) is 6.20 Å². The van der Waals surface area contributed by atoms with Crippen LogP contribution in [0.1, 0.15) is 0 Å². The van der Waals surface area contributed by atoms with Crippen molar-refractivity contribution in [3.05, 3.63) is 59.9 Å². The Labute approximate surface area is 98.6 Å². The number of anilines is 1. The fraction of sp³-hybridized carbons (Fsp3) is 0. The van der Waals surface area contributed by atoms with Gasteiger partial charge in [0.25, 0.3) is 0 Å². The molecular formula is C13H11N2S+. The molecule has 1 N–H and O–H groups in total. The van der Waals surface area contributed by atoms with Crippen molar-refractivity contribution in [1.29, 1.82) is 0 Å². The Morgan fingerprint density at radius 3 is 2.62 bits per heavy atom. The number of pyridine rings is 1. The maximum Gasteiger partial charge on any atom is 0.205 e. The monoisotopic (exact) mass is 227 g/mol. The molecule has 1 aliphatic rings. The minimum absolute atomic E-state index is 1.15. The molecule has 78 valence electrons. The summed E-state index contributed by atoms with van der Waals surface area (Å²) < 4.78 is 2.04. The summed E-state index contributed by atoms with van der Waals surface area (Å²) in [5.74, 6) is 0. The predicted molar refractivity (Wildman–Crippen MR) is 66.8 cm³/mol. The molecule has 0 saturated carbocycles. The van der Waals surface area contributed by atoms with Crippen LogP contribution >= 0.6 is 11.8 Å². The zero-order valence-corrected chi connectivity index (χ0v) is 9.45. The van der Waals surface area contributed by atoms with Gasteiger partial charge in [-0.15, -0.1) is 0 Å². The first kappa shape index (κ1) is 9.48. The Morgan fingerprint density at radius 1 is 1.00 bits per heavy atom. The van der Waals surface area contributed by atoms with Crippen molar-refractivity contribution in [2.75, 3.05) is 5.32 Å². The highest BCUT2D eigenvalue weighted by atomic mass is 32.2. The van der Waals surface area contributed by atoms with E-state index < -0.39 is 0 Å². The molecule has 0 aliphatic carbocycles. The van der Waals surface area contributed by atoms with E-state index >= 15 is 0 Å². The average Bonchev–Trinajstić information content (AvgIpc) is 2.72. The van der Waals surface area contributed by atoms with Gasteiger partial charge in [-0.2, -0.15) is 4.57 Å². The van der Waals surface area contributed by atoms with E-state index in [0.717, 1.165) is 5.03 Å². The lowest BCUT2D eigenvalue weighted by molar-refractivity contribution is -0.568. The molecule has 0 saturated heterocycles. The van der Waals surface area contributed by atoms with Gasteiger partial charge < -0.3 is 5.32 Å². The van der Waals surface area contributed by atoms with Crippen molar-refractivity contribution in [1.82, 2.24) is 0 Å². The van der Waals surface area contributed by atoms with Gasteiger partial charge in [0.2, 0.25) is 6.20 Å². The standard InChI is InChI=1S/C13H11N2S/c1-4-8-15(9-5-1)10-13-14-11-6-2-3-7-12(11)16-13/h1-10,14H/q+1/b13-10-. The second-order valence-electron chi connectivity index (χ2n) is 3.54. The minimum atomic E-state index is 1.15. The van der Waals surface area contributed by atoms with E-state index in [4.69, 9.17) is 0 Å². The van der Waals surface area contributed by atoms with Gasteiger partial charge in [-0.05, 0) is 12.1 Å². The number of para-hydroxylation sites is 1. The second kappa shape index (κ2) is 4.02. The summed E-state index contributed by atoms with van der Waals surface area (Å²) in [5, 5.41) is 4.54. The first-order chi connectivity index (χ1) is 7.92. The summed E-state index contributed by atoms with van der Waals surface area (Å²) in [5.41, 5.74) is 1.19. The van der Waals surface area contributed by atoms with E-state index in [1.807, 2.05) is 41.2 Å². The number of nitrogens with one attached hydrogen (secondary N) is 1. The Balaban J connectivity index is 1.89. The van der Waals surface area contributed by atoms with Crippen LogP contribution in [0.3, 0.4) is 0 Å². The molecule has 0 radical (unpaired) electrons. The average molecular weight is 227 g/mol. The normalized spacial score (nSPS) is 15.9. The molecule has 0 amide bonds. The van der Waals surface area contributed by atoms with Crippen molar-refractivity contribution >= 4 is 23.6 Å². The van der Waals surface area contributed by atoms with E-state index in [1.54, 1.807) is 11.8 Å². The fourth-order valence-corrected chi connectivity index (χ4v) is 2.58. The van der Waals surface area contributed by atoms with Gasteiger partial charge >= 0.3 is 0 Å². The van der Waals surface area contributed by atoms with Crippen LogP contribution in [0.5, 0.6) is 0 Å². The van der Waals surface area contributed by atoms with Crippen molar-refractivity contribution in [3.8, 4) is 0 Å². The molecule has 2 aromatic rings. The molecule has 0 bridgehead atoms. The molecule has 1 aromatic carbocycles. The smallest absolute Gasteiger partial charge is 0.205 e. The van der Waals surface area contributed by atoms with Crippen LogP contribution in [0.4, 0.5) is 5.69 Å². The highest BCUT2D eigenvalue weighted by Crippen LogP contribution is 2.40. The molecule has 0 spiro atoms. The van der Waals surface area contributed by atoms with Gasteiger partial charge in [0.1, 0.15) is 5.03 Å². The van der Waals surface area contributed by atoms with Crippen LogP contribution in [0, 0.1) is 0 Å². The topological polar surface area (TPSA) is 15.9 Å². The third-order valence-electron chi connectivity index (χ3n) is 2.37. The fourth-order valence-electron chi connectivity index (χ4n) is 1.63. The van der Waals surface area contributed by atoms with Crippen LogP contribution in [0.15, 0.2) is 64.8 Å². The minimum Gasteiger partial charge on any atom is -0.344 e. The largest absolute Gasteiger partial charge is 0.344 e. The Hall–Kier alpha value is -1.74. The molecule has 16 heavy (non-hydrogen) atoms. The van der Waals surface area contributed by atoms with Gasteiger partial charge in [0.15, 0.2) is 12.4 Å². The Bertz CT molecular complexity index is 508. The van der Waals surface area contributed by atoms with Crippen LogP contribution in [-0.4, -0.2) is 0 Å². The molecule has 2 heterocycles. The second-order valence-corrected chi connectivity index (χ2v) is 4.62. The molecule has 0 fully saturated rings. The predicted octanol–water partition coefficient (Wildman–Crippen LogP) is 2.95. The molecule has 0 atom stereocenters. The maximum atomic E-state index is 3.39. The SMILES string of the molecule is C(=C1\Nc2ccccc2S1)/[n+]1ccccc1. The number of nitrogens with zero attached hydrogens (tertiary/aromatic N) is 1. The summed E-state index contributed by atoms with van der Waals surface area (Å²) >= 11 is 1.76. The molecule has 3 heteroatoms. The Kier molecular flexibility index (Phi) is 2.38. The lowest BCUT2D eigenvalue weighted by Gasteiger charge is -1.94. The summed E-state index contributed by atoms with van der Waals surface area (Å²) in [6.07, 6.45) is 6.14. The number of benzene rings is 1. The first-order valence-electron chi connectivity index (χ1n) is 5.13. The summed E-state index contributed by atoms with van der Waals surface area (Å²) in [6, 6.07) is 14.4. The van der Waals surface area contributed by atoms with Crippen molar-refractivity contribution < 1.29 is 4.57 Å². The van der Waals surface area contributed by atoms with Crippen molar-refractivity contribution in [3.63, 3.8) is 0 Å². The van der Waals surface area contributed by atoms with Gasteiger partial charge in [0.05, 0.1) is 5.69 Å². The highest BCUT2D eigenvalue weighted by molar-refractivity contribution is 8.03. The molecule has 0 unspecified atom stereocenters. The highest BCUT2D eigenvalue weighted by Gasteiger charge is 2.16. The number of rotatable bonds is 1. The number of aromatic nitrogens is 1. The number of fused-ring (bicyclic) bond motifs is 1. The van der Waals surface area contributed by atoms with Crippen molar-refractivity contribution in [2.24, 2.45) is 0 Å². The number of hydrogen-bond acceptors (Lipinski definition) is 2. The van der Waals surface area contributed by atoms with Crippen LogP contribution in [0.2, 0.25) is 0 Å². The molecule has 2 nitrogen and oxygen atoms in total. The van der Waals surface area contributed by atoms with E-state index in [0.29, 0.717) is 0 Å². The van der Waals surface area contributed by atoms with Crippen LogP contribution < -0.4 is 9.88 Å². The van der Waals surface area contributed by atoms with E-state index in [-0.39, 0.29) is 0 Å². The zero-order chi connectivity index (χ0) is 10.8. The lowest BCUT2D eigenvalue weighted by atomic mass is 10.3. The maximum absolute atomic E-state index is 3.39. The van der Waals surface area contributed by atoms with Gasteiger partial charge in [-0.25, -0.2) is 0 Å². The quantitative estimate of drug-likeness (QED) is 0.754. The number of hydrogen-bond donors (Lipinski definition) is 1. The summed E-state index contributed by atoms with van der Waals surface area (Å²) in [6.45, 7) is 0. The van der Waals surface area contributed by atoms with E-state index in [9.17, 15) is 0 Å². The van der Waals surface area contributed by atoms with Gasteiger partial charge in [0, 0.05) is 17.0 Å². The molecular weight excluding hydrogens is 216 g/mol. The lowest BCUT2D eigenvalue weighted by Crippen LogP contribution is -2.24. The molecule has 3 rings (SSSR count). The molecule has 1 aliphatic heterocycles. The third-order valence-corrected chi connectivity index (χ3v) is 3.37. The van der Waals surface area contributed by atoms with Crippen molar-refractivity contribution in [2.45, 2.75) is 4.90 Å². The molecule has 1 aromatic heterocycles. The summed E-state index contributed by atoms with van der Waals surface area (Å²) in [7, 11) is 0. The summed E-state index contributed by atoms with van der Waals surface area (Å²) in [4.78, 5) is 1.28. The first-order valence-corrected chi connectivity index (χ1v) is 5.95. The van der Waals surface area contributed by atoms with Gasteiger partial charge in [-0.1, -0.05) is 30.0 Å².